The minimum atomic E-state index is -0.863. The topological polar surface area (TPSA) is 59.0 Å². The smallest absolute Gasteiger partial charge is 0.311 e. The number of carboxylic acid groups (broad SMARTS) is 1. The molecule has 2 aromatic carbocycles. The maximum atomic E-state index is 11.8. The second kappa shape index (κ2) is 7.73. The van der Waals surface area contributed by atoms with E-state index in [1.165, 1.54) is 7.11 Å². The quantitative estimate of drug-likeness (QED) is 0.845. The summed E-state index contributed by atoms with van der Waals surface area (Å²) in [6, 6.07) is 13.1. The molecular weight excluding hydrogens is 306 g/mol. The molecule has 0 aliphatic heterocycles. The Labute approximate surface area is 142 Å². The van der Waals surface area contributed by atoms with E-state index < -0.39 is 11.9 Å². The van der Waals surface area contributed by atoms with E-state index in [9.17, 15) is 9.90 Å². The van der Waals surface area contributed by atoms with Gasteiger partial charge in [-0.2, -0.15) is 0 Å². The summed E-state index contributed by atoms with van der Waals surface area (Å²) in [6.07, 6.45) is 0.409. The van der Waals surface area contributed by atoms with Gasteiger partial charge in [0.2, 0.25) is 0 Å². The predicted molar refractivity (Wildman–Crippen MR) is 94.4 cm³/mol. The third-order valence-electron chi connectivity index (χ3n) is 3.97. The molecule has 0 saturated carbocycles. The number of carbonyl (C=O) groups is 1. The first-order chi connectivity index (χ1) is 11.5. The number of nitrogens with zero attached hydrogens (tertiary/aromatic N) is 1. The molecule has 5 nitrogen and oxygen atoms in total. The SMILES string of the molecule is COc1ccc(C(Cc2cccc(N(C)C)c2)C(=O)O)cc1OC. The highest BCUT2D eigenvalue weighted by atomic mass is 16.5. The van der Waals surface area contributed by atoms with Crippen molar-refractivity contribution in [1.82, 2.24) is 0 Å². The Morgan fingerprint density at radius 1 is 1.08 bits per heavy atom. The summed E-state index contributed by atoms with van der Waals surface area (Å²) in [7, 11) is 7.02. The first-order valence-corrected chi connectivity index (χ1v) is 7.67. The molecule has 0 aliphatic carbocycles. The second-order valence-electron chi connectivity index (χ2n) is 5.77. The molecule has 0 aliphatic rings. The van der Waals surface area contributed by atoms with Gasteiger partial charge in [-0.15, -0.1) is 0 Å². The summed E-state index contributed by atoms with van der Waals surface area (Å²) in [5.74, 6) is -0.400. The van der Waals surface area contributed by atoms with E-state index in [2.05, 4.69) is 0 Å². The third-order valence-corrected chi connectivity index (χ3v) is 3.97. The number of methoxy groups -OCH3 is 2. The minimum absolute atomic E-state index is 0.409. The van der Waals surface area contributed by atoms with Crippen LogP contribution in [-0.2, 0) is 11.2 Å². The second-order valence-corrected chi connectivity index (χ2v) is 5.77. The first-order valence-electron chi connectivity index (χ1n) is 7.67. The summed E-state index contributed by atoms with van der Waals surface area (Å²) in [5.41, 5.74) is 2.71. The largest absolute Gasteiger partial charge is 0.493 e. The van der Waals surface area contributed by atoms with Crippen molar-refractivity contribution in [2.24, 2.45) is 0 Å². The summed E-state index contributed by atoms with van der Waals surface area (Å²) in [4.78, 5) is 13.8. The van der Waals surface area contributed by atoms with E-state index in [0.717, 1.165) is 11.3 Å². The van der Waals surface area contributed by atoms with Gasteiger partial charge in [-0.1, -0.05) is 18.2 Å². The zero-order chi connectivity index (χ0) is 17.7. The van der Waals surface area contributed by atoms with Crippen LogP contribution < -0.4 is 14.4 Å². The molecule has 5 heteroatoms. The minimum Gasteiger partial charge on any atom is -0.493 e. The lowest BCUT2D eigenvalue weighted by molar-refractivity contribution is -0.138. The molecule has 1 N–H and O–H groups in total. The van der Waals surface area contributed by atoms with Crippen molar-refractivity contribution in [2.45, 2.75) is 12.3 Å². The fourth-order valence-corrected chi connectivity index (χ4v) is 2.61. The van der Waals surface area contributed by atoms with Crippen LogP contribution in [0.5, 0.6) is 11.5 Å². The number of benzene rings is 2. The normalized spacial score (nSPS) is 11.7. The van der Waals surface area contributed by atoms with Gasteiger partial charge in [0.25, 0.3) is 0 Å². The lowest BCUT2D eigenvalue weighted by Crippen LogP contribution is -2.15. The lowest BCUT2D eigenvalue weighted by Gasteiger charge is -2.17. The number of carboxylic acids is 1. The third kappa shape index (κ3) is 3.98. The van der Waals surface area contributed by atoms with Gasteiger partial charge in [0.15, 0.2) is 11.5 Å². The van der Waals surface area contributed by atoms with Crippen molar-refractivity contribution in [3.63, 3.8) is 0 Å². The predicted octanol–water partition coefficient (Wildman–Crippen LogP) is 3.18. The van der Waals surface area contributed by atoms with Gasteiger partial charge in [0.05, 0.1) is 20.1 Å². The number of ether oxygens (including phenoxy) is 2. The van der Waals surface area contributed by atoms with Crippen LogP contribution in [0.3, 0.4) is 0 Å². The van der Waals surface area contributed by atoms with Crippen LogP contribution in [0.15, 0.2) is 42.5 Å². The summed E-state index contributed by atoms with van der Waals surface area (Å²) < 4.78 is 10.5. The standard InChI is InChI=1S/C19H23NO4/c1-20(2)15-7-5-6-13(10-15)11-16(19(21)22)14-8-9-17(23-3)18(12-14)24-4/h5-10,12,16H,11H2,1-4H3,(H,21,22). The molecule has 0 bridgehead atoms. The fourth-order valence-electron chi connectivity index (χ4n) is 2.61. The molecule has 1 atom stereocenters. The number of rotatable bonds is 7. The maximum absolute atomic E-state index is 11.8. The average molecular weight is 329 g/mol. The van der Waals surface area contributed by atoms with E-state index in [0.29, 0.717) is 23.5 Å². The summed E-state index contributed by atoms with van der Waals surface area (Å²) in [6.45, 7) is 0. The van der Waals surface area contributed by atoms with Crippen LogP contribution in [0.25, 0.3) is 0 Å². The van der Waals surface area contributed by atoms with Crippen LogP contribution >= 0.6 is 0 Å². The van der Waals surface area contributed by atoms with Crippen molar-refractivity contribution in [2.75, 3.05) is 33.2 Å². The molecule has 24 heavy (non-hydrogen) atoms. The van der Waals surface area contributed by atoms with E-state index in [4.69, 9.17) is 9.47 Å². The molecule has 2 rings (SSSR count). The molecule has 0 spiro atoms. The molecule has 128 valence electrons. The lowest BCUT2D eigenvalue weighted by atomic mass is 9.91. The van der Waals surface area contributed by atoms with Crippen molar-refractivity contribution in [1.29, 1.82) is 0 Å². The highest BCUT2D eigenvalue weighted by Gasteiger charge is 2.22. The molecule has 1 unspecified atom stereocenters. The molecule has 0 saturated heterocycles. The molecule has 0 fully saturated rings. The van der Waals surface area contributed by atoms with Crippen LogP contribution in [0.2, 0.25) is 0 Å². The van der Waals surface area contributed by atoms with Gasteiger partial charge in [-0.25, -0.2) is 0 Å². The van der Waals surface area contributed by atoms with E-state index >= 15 is 0 Å². The molecular formula is C19H23NO4. The van der Waals surface area contributed by atoms with E-state index in [1.807, 2.05) is 43.3 Å². The van der Waals surface area contributed by atoms with Crippen molar-refractivity contribution < 1.29 is 19.4 Å². The highest BCUT2D eigenvalue weighted by Crippen LogP contribution is 2.32. The van der Waals surface area contributed by atoms with Gasteiger partial charge >= 0.3 is 5.97 Å². The number of hydrogen-bond donors (Lipinski definition) is 1. The van der Waals surface area contributed by atoms with Gasteiger partial charge in [0, 0.05) is 19.8 Å². The number of anilines is 1. The Morgan fingerprint density at radius 2 is 1.79 bits per heavy atom. The van der Waals surface area contributed by atoms with Gasteiger partial charge < -0.3 is 19.5 Å². The molecule has 0 aromatic heterocycles. The van der Waals surface area contributed by atoms with Crippen LogP contribution in [0.4, 0.5) is 5.69 Å². The maximum Gasteiger partial charge on any atom is 0.311 e. The van der Waals surface area contributed by atoms with Crippen molar-refractivity contribution in [3.8, 4) is 11.5 Å². The summed E-state index contributed by atoms with van der Waals surface area (Å²) >= 11 is 0. The molecule has 2 aromatic rings. The number of aliphatic carboxylic acids is 1. The fraction of sp³-hybridized carbons (Fsp3) is 0.316. The molecule has 0 heterocycles. The zero-order valence-electron chi connectivity index (χ0n) is 14.4. The van der Waals surface area contributed by atoms with E-state index in [-0.39, 0.29) is 0 Å². The Balaban J connectivity index is 2.33. The van der Waals surface area contributed by atoms with Gasteiger partial charge in [-0.05, 0) is 41.8 Å². The van der Waals surface area contributed by atoms with Crippen LogP contribution in [0, 0.1) is 0 Å². The Kier molecular flexibility index (Phi) is 5.68. The van der Waals surface area contributed by atoms with Crippen molar-refractivity contribution >= 4 is 11.7 Å². The van der Waals surface area contributed by atoms with Crippen molar-refractivity contribution in [3.05, 3.63) is 53.6 Å². The van der Waals surface area contributed by atoms with Crippen LogP contribution in [0.1, 0.15) is 17.0 Å². The zero-order valence-corrected chi connectivity index (χ0v) is 14.4. The van der Waals surface area contributed by atoms with Gasteiger partial charge in [-0.3, -0.25) is 4.79 Å². The van der Waals surface area contributed by atoms with Gasteiger partial charge in [0.1, 0.15) is 0 Å². The average Bonchev–Trinajstić information content (AvgIpc) is 2.59. The first kappa shape index (κ1) is 17.7. The summed E-state index contributed by atoms with van der Waals surface area (Å²) in [5, 5.41) is 9.67. The van der Waals surface area contributed by atoms with E-state index in [1.54, 1.807) is 25.3 Å². The highest BCUT2D eigenvalue weighted by molar-refractivity contribution is 5.77. The monoisotopic (exact) mass is 329 g/mol. The van der Waals surface area contributed by atoms with Crippen LogP contribution in [-0.4, -0.2) is 39.4 Å². The Morgan fingerprint density at radius 3 is 2.38 bits per heavy atom. The number of hydrogen-bond acceptors (Lipinski definition) is 4. The molecule has 0 amide bonds. The Hall–Kier alpha value is -2.69. The Bertz CT molecular complexity index is 712. The molecule has 0 radical (unpaired) electrons.